The van der Waals surface area contributed by atoms with Crippen molar-refractivity contribution in [3.8, 4) is 5.75 Å². The average molecular weight is 482 g/mol. The first-order valence-electron chi connectivity index (χ1n) is 10.7. The predicted molar refractivity (Wildman–Crippen MR) is 116 cm³/mol. The van der Waals surface area contributed by atoms with Crippen LogP contribution in [0.4, 0.5) is 17.6 Å². The first kappa shape index (κ1) is 25.4. The highest BCUT2D eigenvalue weighted by Crippen LogP contribution is 2.26. The topological polar surface area (TPSA) is 88.8 Å². The minimum absolute atomic E-state index is 0.0610. The molecule has 0 aliphatic carbocycles. The molecule has 11 heteroatoms. The van der Waals surface area contributed by atoms with Gasteiger partial charge in [-0.2, -0.15) is 13.2 Å². The summed E-state index contributed by atoms with van der Waals surface area (Å²) in [5, 5.41) is 13.1. The van der Waals surface area contributed by atoms with Gasteiger partial charge in [-0.15, -0.1) is 0 Å². The summed E-state index contributed by atoms with van der Waals surface area (Å²) in [6.45, 7) is 4.30. The normalized spacial score (nSPS) is 13.2. The van der Waals surface area contributed by atoms with E-state index in [1.165, 1.54) is 36.6 Å². The lowest BCUT2D eigenvalue weighted by atomic mass is 9.93. The number of ether oxygens (including phenoxy) is 1. The standard InChI is InChI=1S/C23H26F4N4O3/c1-14-19(21(32)30-18(22(2,3)33)9-4-10-23(25,26)27)31-12-6-8-17(20(31)29-14)34-13-16-15(24)7-5-11-28-16/h5-8,11-12,18,33H,4,9-10,13H2,1-3H3,(H,30,32). The van der Waals surface area contributed by atoms with E-state index in [0.29, 0.717) is 17.1 Å². The van der Waals surface area contributed by atoms with E-state index in [0.717, 1.165) is 0 Å². The van der Waals surface area contributed by atoms with Gasteiger partial charge in [0.15, 0.2) is 11.4 Å². The Kier molecular flexibility index (Phi) is 7.44. The zero-order valence-electron chi connectivity index (χ0n) is 19.0. The zero-order valence-corrected chi connectivity index (χ0v) is 19.0. The molecule has 0 fully saturated rings. The van der Waals surface area contributed by atoms with Gasteiger partial charge < -0.3 is 15.2 Å². The second kappa shape index (κ2) is 9.96. The maximum atomic E-state index is 13.9. The van der Waals surface area contributed by atoms with Crippen LogP contribution in [0.1, 0.15) is 55.0 Å². The molecule has 0 saturated carbocycles. The molecule has 0 aliphatic heterocycles. The molecule has 3 aromatic heterocycles. The summed E-state index contributed by atoms with van der Waals surface area (Å²) in [5.41, 5.74) is -0.538. The number of halogens is 4. The Morgan fingerprint density at radius 3 is 2.65 bits per heavy atom. The van der Waals surface area contributed by atoms with Crippen molar-refractivity contribution >= 4 is 11.6 Å². The summed E-state index contributed by atoms with van der Waals surface area (Å²) >= 11 is 0. The number of fused-ring (bicyclic) bond motifs is 1. The number of pyridine rings is 2. The van der Waals surface area contributed by atoms with Crippen molar-refractivity contribution in [2.45, 2.75) is 64.5 Å². The van der Waals surface area contributed by atoms with Crippen LogP contribution in [-0.2, 0) is 6.61 Å². The number of nitrogens with zero attached hydrogens (tertiary/aromatic N) is 3. The summed E-state index contributed by atoms with van der Waals surface area (Å²) in [6.07, 6.45) is -2.61. The number of rotatable bonds is 9. The van der Waals surface area contributed by atoms with E-state index in [1.807, 2.05) is 0 Å². The third kappa shape index (κ3) is 6.22. The van der Waals surface area contributed by atoms with Gasteiger partial charge in [0.2, 0.25) is 0 Å². The van der Waals surface area contributed by atoms with Gasteiger partial charge in [-0.25, -0.2) is 9.37 Å². The largest absolute Gasteiger partial charge is 0.483 e. The van der Waals surface area contributed by atoms with Gasteiger partial charge in [0.05, 0.1) is 17.3 Å². The van der Waals surface area contributed by atoms with E-state index in [4.69, 9.17) is 4.74 Å². The Balaban J connectivity index is 1.81. The number of aliphatic hydroxyl groups is 1. The molecule has 184 valence electrons. The lowest BCUT2D eigenvalue weighted by Crippen LogP contribution is -2.49. The predicted octanol–water partition coefficient (Wildman–Crippen LogP) is 4.36. The summed E-state index contributed by atoms with van der Waals surface area (Å²) in [5.74, 6) is -0.826. The molecular formula is C23H26F4N4O3. The smallest absolute Gasteiger partial charge is 0.389 e. The fourth-order valence-corrected chi connectivity index (χ4v) is 3.55. The fourth-order valence-electron chi connectivity index (χ4n) is 3.55. The average Bonchev–Trinajstić information content (AvgIpc) is 3.07. The van der Waals surface area contributed by atoms with Crippen LogP contribution in [0.2, 0.25) is 0 Å². The molecule has 2 N–H and O–H groups in total. The van der Waals surface area contributed by atoms with Crippen molar-refractivity contribution in [1.82, 2.24) is 19.7 Å². The molecule has 0 saturated heterocycles. The molecule has 3 aromatic rings. The van der Waals surface area contributed by atoms with Gasteiger partial charge in [0.1, 0.15) is 23.8 Å². The molecule has 0 aliphatic rings. The summed E-state index contributed by atoms with van der Waals surface area (Å²) < 4.78 is 58.7. The fraction of sp³-hybridized carbons (Fsp3) is 0.435. The lowest BCUT2D eigenvalue weighted by Gasteiger charge is -2.30. The Labute approximate surface area is 193 Å². The Morgan fingerprint density at radius 1 is 1.26 bits per heavy atom. The number of aromatic nitrogens is 3. The number of alkyl halides is 3. The van der Waals surface area contributed by atoms with Crippen LogP contribution in [-0.4, -0.2) is 43.2 Å². The van der Waals surface area contributed by atoms with Gasteiger partial charge in [0.25, 0.3) is 5.91 Å². The third-order valence-corrected chi connectivity index (χ3v) is 5.31. The molecule has 0 spiro atoms. The van der Waals surface area contributed by atoms with Crippen molar-refractivity contribution in [3.05, 3.63) is 59.6 Å². The van der Waals surface area contributed by atoms with Gasteiger partial charge in [-0.1, -0.05) is 0 Å². The summed E-state index contributed by atoms with van der Waals surface area (Å²) in [4.78, 5) is 21.4. The lowest BCUT2D eigenvalue weighted by molar-refractivity contribution is -0.136. The number of hydrogen-bond acceptors (Lipinski definition) is 5. The van der Waals surface area contributed by atoms with E-state index < -0.39 is 36.0 Å². The van der Waals surface area contributed by atoms with E-state index in [9.17, 15) is 27.5 Å². The molecular weight excluding hydrogens is 456 g/mol. The van der Waals surface area contributed by atoms with Crippen molar-refractivity contribution in [2.24, 2.45) is 0 Å². The highest BCUT2D eigenvalue weighted by atomic mass is 19.4. The number of nitrogens with one attached hydrogen (secondary N) is 1. The number of carbonyl (C=O) groups excluding carboxylic acids is 1. The van der Waals surface area contributed by atoms with Gasteiger partial charge in [-0.05, 0) is 57.9 Å². The van der Waals surface area contributed by atoms with Crippen molar-refractivity contribution in [3.63, 3.8) is 0 Å². The monoisotopic (exact) mass is 482 g/mol. The Hall–Kier alpha value is -3.21. The van der Waals surface area contributed by atoms with Crippen LogP contribution < -0.4 is 10.1 Å². The van der Waals surface area contributed by atoms with Crippen LogP contribution in [0.15, 0.2) is 36.7 Å². The quantitative estimate of drug-likeness (QED) is 0.443. The minimum atomic E-state index is -4.32. The second-order valence-electron chi connectivity index (χ2n) is 8.52. The summed E-state index contributed by atoms with van der Waals surface area (Å²) in [6, 6.07) is 5.04. The number of hydrogen-bond donors (Lipinski definition) is 2. The van der Waals surface area contributed by atoms with Crippen LogP contribution in [0.5, 0.6) is 5.75 Å². The SMILES string of the molecule is Cc1nc2c(OCc3ncccc3F)cccn2c1C(=O)NC(CCCC(F)(F)F)C(C)(C)O. The molecule has 1 amide bonds. The minimum Gasteiger partial charge on any atom is -0.483 e. The molecule has 0 bridgehead atoms. The molecule has 3 rings (SSSR count). The molecule has 1 unspecified atom stereocenters. The Bertz CT molecular complexity index is 1160. The first-order chi connectivity index (χ1) is 15.9. The van der Waals surface area contributed by atoms with E-state index in [-0.39, 0.29) is 30.8 Å². The Morgan fingerprint density at radius 2 is 2.00 bits per heavy atom. The number of amides is 1. The van der Waals surface area contributed by atoms with Crippen molar-refractivity contribution in [1.29, 1.82) is 0 Å². The maximum absolute atomic E-state index is 13.9. The van der Waals surface area contributed by atoms with E-state index in [2.05, 4.69) is 15.3 Å². The number of aryl methyl sites for hydroxylation is 1. The van der Waals surface area contributed by atoms with Crippen molar-refractivity contribution < 1.29 is 32.2 Å². The molecule has 1 atom stereocenters. The highest BCUT2D eigenvalue weighted by Gasteiger charge is 2.32. The van der Waals surface area contributed by atoms with Crippen LogP contribution in [0.25, 0.3) is 5.65 Å². The van der Waals surface area contributed by atoms with Gasteiger partial charge in [0, 0.05) is 18.8 Å². The van der Waals surface area contributed by atoms with E-state index in [1.54, 1.807) is 25.3 Å². The second-order valence-corrected chi connectivity index (χ2v) is 8.52. The molecule has 3 heterocycles. The highest BCUT2D eigenvalue weighted by molar-refractivity contribution is 5.95. The van der Waals surface area contributed by atoms with Crippen LogP contribution in [0, 0.1) is 12.7 Å². The summed E-state index contributed by atoms with van der Waals surface area (Å²) in [7, 11) is 0. The molecule has 0 radical (unpaired) electrons. The van der Waals surface area contributed by atoms with Crippen LogP contribution >= 0.6 is 0 Å². The maximum Gasteiger partial charge on any atom is 0.389 e. The molecule has 7 nitrogen and oxygen atoms in total. The number of imidazole rings is 1. The third-order valence-electron chi connectivity index (χ3n) is 5.31. The zero-order chi connectivity index (χ0) is 25.1. The van der Waals surface area contributed by atoms with Gasteiger partial charge in [-0.3, -0.25) is 14.2 Å². The first-order valence-corrected chi connectivity index (χ1v) is 10.7. The number of carbonyl (C=O) groups is 1. The van der Waals surface area contributed by atoms with Gasteiger partial charge >= 0.3 is 6.18 Å². The molecule has 0 aromatic carbocycles. The molecule has 34 heavy (non-hydrogen) atoms. The van der Waals surface area contributed by atoms with Crippen LogP contribution in [0.3, 0.4) is 0 Å². The van der Waals surface area contributed by atoms with E-state index >= 15 is 0 Å². The van der Waals surface area contributed by atoms with Crippen molar-refractivity contribution in [2.75, 3.05) is 0 Å².